The van der Waals surface area contributed by atoms with Crippen molar-refractivity contribution < 1.29 is 8.42 Å². The summed E-state index contributed by atoms with van der Waals surface area (Å²) < 4.78 is 27.8. The maximum atomic E-state index is 12.5. The molecule has 0 aliphatic heterocycles. The van der Waals surface area contributed by atoms with Crippen molar-refractivity contribution in [2.75, 3.05) is 14.1 Å². The molecule has 106 valence electrons. The van der Waals surface area contributed by atoms with Gasteiger partial charge in [-0.25, -0.2) is 0 Å². The van der Waals surface area contributed by atoms with E-state index in [-0.39, 0.29) is 6.04 Å². The molecule has 0 bridgehead atoms. The van der Waals surface area contributed by atoms with Crippen molar-refractivity contribution in [2.24, 2.45) is 5.92 Å². The molecule has 0 N–H and O–H groups in total. The second-order valence-electron chi connectivity index (χ2n) is 5.34. The minimum atomic E-state index is -3.37. The molecule has 1 atom stereocenters. The minimum absolute atomic E-state index is 0.0863. The van der Waals surface area contributed by atoms with Crippen LogP contribution in [0.2, 0.25) is 0 Å². The maximum Gasteiger partial charge on any atom is 0.282 e. The summed E-state index contributed by atoms with van der Waals surface area (Å²) in [6, 6.07) is 9.74. The molecule has 19 heavy (non-hydrogen) atoms. The fourth-order valence-electron chi connectivity index (χ4n) is 2.23. The third-order valence-corrected chi connectivity index (χ3v) is 5.86. The van der Waals surface area contributed by atoms with Gasteiger partial charge >= 0.3 is 0 Å². The van der Waals surface area contributed by atoms with Crippen molar-refractivity contribution in [2.45, 2.75) is 32.4 Å². The molecule has 0 radical (unpaired) electrons. The lowest BCUT2D eigenvalue weighted by Crippen LogP contribution is -2.44. The van der Waals surface area contributed by atoms with Gasteiger partial charge in [0.15, 0.2) is 0 Å². The average molecular weight is 282 g/mol. The van der Waals surface area contributed by atoms with E-state index in [2.05, 4.69) is 0 Å². The van der Waals surface area contributed by atoms with E-state index in [0.717, 1.165) is 18.4 Å². The first-order valence-electron chi connectivity index (χ1n) is 6.66. The third kappa shape index (κ3) is 3.35. The topological polar surface area (TPSA) is 40.6 Å². The summed E-state index contributed by atoms with van der Waals surface area (Å²) in [6.45, 7) is 2.40. The molecule has 1 aliphatic rings. The van der Waals surface area contributed by atoms with E-state index in [9.17, 15) is 8.42 Å². The van der Waals surface area contributed by atoms with Gasteiger partial charge in [-0.2, -0.15) is 17.0 Å². The van der Waals surface area contributed by atoms with Crippen LogP contribution < -0.4 is 0 Å². The molecule has 5 heteroatoms. The van der Waals surface area contributed by atoms with Gasteiger partial charge in [0, 0.05) is 26.7 Å². The van der Waals surface area contributed by atoms with Crippen molar-refractivity contribution in [3.05, 3.63) is 35.9 Å². The number of benzene rings is 1. The first-order valence-corrected chi connectivity index (χ1v) is 8.06. The van der Waals surface area contributed by atoms with E-state index in [1.54, 1.807) is 14.1 Å². The predicted molar refractivity (Wildman–Crippen MR) is 76.8 cm³/mol. The lowest BCUT2D eigenvalue weighted by atomic mass is 10.2. The Hall–Kier alpha value is -0.910. The molecule has 1 aromatic rings. The Labute approximate surface area is 116 Å². The highest BCUT2D eigenvalue weighted by molar-refractivity contribution is 7.86. The third-order valence-electron chi connectivity index (χ3n) is 3.88. The minimum Gasteiger partial charge on any atom is -0.195 e. The van der Waals surface area contributed by atoms with Crippen LogP contribution in [0, 0.1) is 5.92 Å². The van der Waals surface area contributed by atoms with Gasteiger partial charge in [-0.05, 0) is 31.2 Å². The molecular weight excluding hydrogens is 260 g/mol. The average Bonchev–Trinajstić information content (AvgIpc) is 3.22. The molecule has 4 nitrogen and oxygen atoms in total. The van der Waals surface area contributed by atoms with Gasteiger partial charge < -0.3 is 0 Å². The van der Waals surface area contributed by atoms with E-state index in [4.69, 9.17) is 0 Å². The van der Waals surface area contributed by atoms with Crippen LogP contribution in [0.5, 0.6) is 0 Å². The van der Waals surface area contributed by atoms with Gasteiger partial charge in [-0.1, -0.05) is 30.3 Å². The SMILES string of the molecule is CC(C1CC1)N(C)S(=O)(=O)N(C)Cc1ccccc1. The lowest BCUT2D eigenvalue weighted by Gasteiger charge is -2.29. The molecule has 1 unspecified atom stereocenters. The summed E-state index contributed by atoms with van der Waals surface area (Å²) in [4.78, 5) is 0. The quantitative estimate of drug-likeness (QED) is 0.801. The van der Waals surface area contributed by atoms with Crippen LogP contribution in [0.15, 0.2) is 30.3 Å². The molecule has 0 saturated heterocycles. The monoisotopic (exact) mass is 282 g/mol. The van der Waals surface area contributed by atoms with Gasteiger partial charge in [-0.15, -0.1) is 0 Å². The zero-order valence-electron chi connectivity index (χ0n) is 11.8. The summed E-state index contributed by atoms with van der Waals surface area (Å²) in [5.41, 5.74) is 1.00. The van der Waals surface area contributed by atoms with E-state index in [1.807, 2.05) is 37.3 Å². The Kier molecular flexibility index (Phi) is 4.28. The van der Waals surface area contributed by atoms with E-state index >= 15 is 0 Å². The largest absolute Gasteiger partial charge is 0.282 e. The van der Waals surface area contributed by atoms with E-state index in [1.165, 1.54) is 8.61 Å². The highest BCUT2D eigenvalue weighted by atomic mass is 32.2. The fourth-order valence-corrected chi connectivity index (χ4v) is 3.57. The number of hydrogen-bond acceptors (Lipinski definition) is 2. The van der Waals surface area contributed by atoms with Gasteiger partial charge in [0.25, 0.3) is 10.2 Å². The van der Waals surface area contributed by atoms with Crippen LogP contribution in [0.1, 0.15) is 25.3 Å². The van der Waals surface area contributed by atoms with Crippen LogP contribution in [0.25, 0.3) is 0 Å². The molecule has 0 spiro atoms. The molecule has 0 heterocycles. The van der Waals surface area contributed by atoms with Crippen molar-refractivity contribution in [1.82, 2.24) is 8.61 Å². The number of hydrogen-bond donors (Lipinski definition) is 0. The van der Waals surface area contributed by atoms with E-state index < -0.39 is 10.2 Å². The van der Waals surface area contributed by atoms with Crippen LogP contribution in [-0.4, -0.2) is 37.2 Å². The Morgan fingerprint density at radius 3 is 2.32 bits per heavy atom. The van der Waals surface area contributed by atoms with Gasteiger partial charge in [0.1, 0.15) is 0 Å². The number of nitrogens with zero attached hydrogens (tertiary/aromatic N) is 2. The molecule has 1 saturated carbocycles. The predicted octanol–water partition coefficient (Wildman–Crippen LogP) is 2.09. The smallest absolute Gasteiger partial charge is 0.195 e. The Morgan fingerprint density at radius 2 is 1.79 bits per heavy atom. The zero-order valence-corrected chi connectivity index (χ0v) is 12.6. The Bertz CT molecular complexity index is 512. The Morgan fingerprint density at radius 1 is 1.21 bits per heavy atom. The summed E-state index contributed by atoms with van der Waals surface area (Å²) in [6.07, 6.45) is 2.28. The summed E-state index contributed by atoms with van der Waals surface area (Å²) in [5.74, 6) is 0.532. The van der Waals surface area contributed by atoms with Gasteiger partial charge in [-0.3, -0.25) is 0 Å². The highest BCUT2D eigenvalue weighted by Gasteiger charge is 2.36. The van der Waals surface area contributed by atoms with Crippen LogP contribution in [-0.2, 0) is 16.8 Å². The molecule has 0 aromatic heterocycles. The molecule has 1 fully saturated rings. The van der Waals surface area contributed by atoms with Crippen LogP contribution >= 0.6 is 0 Å². The first kappa shape index (κ1) is 14.5. The first-order chi connectivity index (χ1) is 8.93. The van der Waals surface area contributed by atoms with Crippen molar-refractivity contribution >= 4 is 10.2 Å². The fraction of sp³-hybridized carbons (Fsp3) is 0.571. The molecule has 0 amide bonds. The zero-order chi connectivity index (χ0) is 14.0. The standard InChI is InChI=1S/C14H22N2O2S/c1-12(14-9-10-14)16(3)19(17,18)15(2)11-13-7-5-4-6-8-13/h4-8,12,14H,9-11H2,1-3H3. The lowest BCUT2D eigenvalue weighted by molar-refractivity contribution is 0.321. The van der Waals surface area contributed by atoms with Crippen LogP contribution in [0.4, 0.5) is 0 Å². The molecular formula is C14H22N2O2S. The molecule has 2 rings (SSSR count). The van der Waals surface area contributed by atoms with Gasteiger partial charge in [0.05, 0.1) is 0 Å². The molecule has 1 aliphatic carbocycles. The van der Waals surface area contributed by atoms with Crippen molar-refractivity contribution in [3.63, 3.8) is 0 Å². The Balaban J connectivity index is 2.06. The molecule has 1 aromatic carbocycles. The van der Waals surface area contributed by atoms with Crippen LogP contribution in [0.3, 0.4) is 0 Å². The summed E-state index contributed by atoms with van der Waals surface area (Å²) in [5, 5.41) is 0. The second kappa shape index (κ2) is 5.61. The maximum absolute atomic E-state index is 12.5. The van der Waals surface area contributed by atoms with Gasteiger partial charge in [0.2, 0.25) is 0 Å². The van der Waals surface area contributed by atoms with E-state index in [0.29, 0.717) is 12.5 Å². The van der Waals surface area contributed by atoms with Crippen molar-refractivity contribution in [1.29, 1.82) is 0 Å². The summed E-state index contributed by atoms with van der Waals surface area (Å²) >= 11 is 0. The highest BCUT2D eigenvalue weighted by Crippen LogP contribution is 2.35. The number of rotatable bonds is 6. The van der Waals surface area contributed by atoms with Crippen molar-refractivity contribution in [3.8, 4) is 0 Å². The normalized spacial score (nSPS) is 17.9. The summed E-state index contributed by atoms with van der Waals surface area (Å²) in [7, 11) is -0.0570. The second-order valence-corrected chi connectivity index (χ2v) is 7.44.